The van der Waals surface area contributed by atoms with Gasteiger partial charge in [0.1, 0.15) is 0 Å². The van der Waals surface area contributed by atoms with Crippen LogP contribution in [0.4, 0.5) is 0 Å². The van der Waals surface area contributed by atoms with Crippen LogP contribution in [0.2, 0.25) is 5.02 Å². The quantitative estimate of drug-likeness (QED) is 0.596. The highest BCUT2D eigenvalue weighted by atomic mass is 35.5. The first kappa shape index (κ1) is 18.9. The van der Waals surface area contributed by atoms with Crippen molar-refractivity contribution in [1.82, 2.24) is 9.47 Å². The lowest BCUT2D eigenvalue weighted by Crippen LogP contribution is -2.30. The molecule has 0 fully saturated rings. The Hall–Kier alpha value is -2.43. The van der Waals surface area contributed by atoms with Gasteiger partial charge >= 0.3 is 0 Å². The predicted octanol–water partition coefficient (Wildman–Crippen LogP) is 5.15. The predicted molar refractivity (Wildman–Crippen MR) is 112 cm³/mol. The molecule has 1 aliphatic heterocycles. The second kappa shape index (κ2) is 8.29. The lowest BCUT2D eigenvalue weighted by Gasteiger charge is -2.31. The fraction of sp³-hybridized carbons (Fsp3) is 0.304. The van der Waals surface area contributed by atoms with E-state index < -0.39 is 0 Å². The topological polar surface area (TPSA) is 26.6 Å². The van der Waals surface area contributed by atoms with Crippen molar-refractivity contribution in [1.29, 1.82) is 0 Å². The average molecular weight is 397 g/mol. The van der Waals surface area contributed by atoms with Gasteiger partial charge < -0.3 is 14.0 Å². The Bertz CT molecular complexity index is 953. The van der Waals surface area contributed by atoms with E-state index in [0.29, 0.717) is 0 Å². The first-order valence-electron chi connectivity index (χ1n) is 9.56. The number of halogens is 1. The number of aromatic nitrogens is 1. The van der Waals surface area contributed by atoms with Gasteiger partial charge in [0.15, 0.2) is 11.5 Å². The molecule has 2 heterocycles. The molecule has 0 radical (unpaired) electrons. The summed E-state index contributed by atoms with van der Waals surface area (Å²) in [6.07, 6.45) is 3.24. The minimum atomic E-state index is 0.0853. The van der Waals surface area contributed by atoms with Crippen LogP contribution >= 0.6 is 11.6 Å². The molecule has 1 atom stereocenters. The van der Waals surface area contributed by atoms with Crippen LogP contribution in [-0.2, 0) is 13.1 Å². The summed E-state index contributed by atoms with van der Waals surface area (Å²) in [4.78, 5) is 2.48. The van der Waals surface area contributed by atoms with E-state index in [1.54, 1.807) is 14.2 Å². The monoisotopic (exact) mass is 396 g/mol. The summed E-state index contributed by atoms with van der Waals surface area (Å²) in [7, 11) is 3.37. The van der Waals surface area contributed by atoms with E-state index in [0.717, 1.165) is 53.7 Å². The molecule has 2 aromatic carbocycles. The van der Waals surface area contributed by atoms with E-state index in [2.05, 4.69) is 46.0 Å². The van der Waals surface area contributed by atoms with E-state index in [1.807, 2.05) is 24.3 Å². The summed E-state index contributed by atoms with van der Waals surface area (Å²) in [5.41, 5.74) is 3.51. The number of nitrogens with zero attached hydrogens (tertiary/aromatic N) is 2. The van der Waals surface area contributed by atoms with Crippen molar-refractivity contribution in [2.75, 3.05) is 20.8 Å². The Labute approximate surface area is 171 Å². The molecular formula is C23H25ClN2O2. The van der Waals surface area contributed by atoms with Crippen molar-refractivity contribution < 1.29 is 9.47 Å². The van der Waals surface area contributed by atoms with Gasteiger partial charge in [0, 0.05) is 42.1 Å². The lowest BCUT2D eigenvalue weighted by atomic mass is 10.0. The van der Waals surface area contributed by atoms with Gasteiger partial charge in [-0.3, -0.25) is 4.90 Å². The number of para-hydroxylation sites is 1. The van der Waals surface area contributed by atoms with Crippen LogP contribution in [0.1, 0.15) is 29.3 Å². The van der Waals surface area contributed by atoms with Crippen molar-refractivity contribution >= 4 is 11.6 Å². The van der Waals surface area contributed by atoms with Gasteiger partial charge in [-0.15, -0.1) is 0 Å². The van der Waals surface area contributed by atoms with Crippen LogP contribution < -0.4 is 9.47 Å². The molecule has 3 aromatic rings. The number of hydrogen-bond donors (Lipinski definition) is 0. The van der Waals surface area contributed by atoms with Gasteiger partial charge in [-0.1, -0.05) is 41.9 Å². The maximum atomic E-state index is 6.64. The van der Waals surface area contributed by atoms with Gasteiger partial charge in [0.05, 0.1) is 20.3 Å². The zero-order valence-electron chi connectivity index (χ0n) is 16.3. The van der Waals surface area contributed by atoms with E-state index in [4.69, 9.17) is 21.1 Å². The maximum Gasteiger partial charge on any atom is 0.165 e. The van der Waals surface area contributed by atoms with Crippen LogP contribution in [0.25, 0.3) is 0 Å². The number of benzene rings is 2. The molecule has 0 bridgehead atoms. The molecule has 0 saturated heterocycles. The van der Waals surface area contributed by atoms with Crippen LogP contribution in [0.3, 0.4) is 0 Å². The molecule has 4 nitrogen and oxygen atoms in total. The molecule has 0 aliphatic carbocycles. The Kier molecular flexibility index (Phi) is 5.60. The smallest absolute Gasteiger partial charge is 0.165 e. The SMILES string of the molecule is COc1cccc(CN2CCCn3cccc3C2c2ccccc2Cl)c1OC. The van der Waals surface area contributed by atoms with Crippen molar-refractivity contribution in [3.63, 3.8) is 0 Å². The molecule has 1 aliphatic rings. The minimum absolute atomic E-state index is 0.0853. The molecule has 0 saturated carbocycles. The van der Waals surface area contributed by atoms with Crippen molar-refractivity contribution in [2.45, 2.75) is 25.6 Å². The summed E-state index contributed by atoms with van der Waals surface area (Å²) >= 11 is 6.64. The number of methoxy groups -OCH3 is 2. The molecular weight excluding hydrogens is 372 g/mol. The summed E-state index contributed by atoms with van der Waals surface area (Å²) < 4.78 is 13.5. The van der Waals surface area contributed by atoms with E-state index >= 15 is 0 Å². The van der Waals surface area contributed by atoms with Gasteiger partial charge in [-0.05, 0) is 36.2 Å². The fourth-order valence-electron chi connectivity index (χ4n) is 4.16. The molecule has 0 N–H and O–H groups in total. The van der Waals surface area contributed by atoms with Crippen molar-refractivity contribution in [3.8, 4) is 11.5 Å². The fourth-order valence-corrected chi connectivity index (χ4v) is 4.40. The molecule has 0 spiro atoms. The standard InChI is InChI=1S/C23H25ClN2O2/c1-27-21-12-5-8-17(23(21)28-2)16-26-15-7-14-25-13-6-11-20(25)22(26)18-9-3-4-10-19(18)24/h3-6,8-13,22H,7,14-16H2,1-2H3. The lowest BCUT2D eigenvalue weighted by molar-refractivity contribution is 0.216. The number of aryl methyl sites for hydroxylation is 1. The van der Waals surface area contributed by atoms with Gasteiger partial charge in [0.25, 0.3) is 0 Å². The zero-order valence-corrected chi connectivity index (χ0v) is 17.0. The summed E-state index contributed by atoms with van der Waals surface area (Å²) in [5.74, 6) is 1.55. The Morgan fingerprint density at radius 1 is 0.964 bits per heavy atom. The second-order valence-electron chi connectivity index (χ2n) is 7.03. The highest BCUT2D eigenvalue weighted by Crippen LogP contribution is 2.38. The number of rotatable bonds is 5. The van der Waals surface area contributed by atoms with Crippen LogP contribution in [0.15, 0.2) is 60.8 Å². The third-order valence-electron chi connectivity index (χ3n) is 5.41. The number of fused-ring (bicyclic) bond motifs is 1. The van der Waals surface area contributed by atoms with Crippen LogP contribution in [0, 0.1) is 0 Å². The maximum absolute atomic E-state index is 6.64. The average Bonchev–Trinajstić information content (AvgIpc) is 3.10. The molecule has 5 heteroatoms. The Morgan fingerprint density at radius 3 is 2.61 bits per heavy atom. The largest absolute Gasteiger partial charge is 0.493 e. The Morgan fingerprint density at radius 2 is 1.82 bits per heavy atom. The van der Waals surface area contributed by atoms with Crippen molar-refractivity contribution in [3.05, 3.63) is 82.6 Å². The van der Waals surface area contributed by atoms with Crippen molar-refractivity contribution in [2.24, 2.45) is 0 Å². The third-order valence-corrected chi connectivity index (χ3v) is 5.76. The Balaban J connectivity index is 1.78. The van der Waals surface area contributed by atoms with Crippen LogP contribution in [0.5, 0.6) is 11.5 Å². The van der Waals surface area contributed by atoms with Gasteiger partial charge in [0.2, 0.25) is 0 Å². The highest BCUT2D eigenvalue weighted by molar-refractivity contribution is 6.31. The summed E-state index contributed by atoms with van der Waals surface area (Å²) in [5, 5.41) is 0.796. The minimum Gasteiger partial charge on any atom is -0.493 e. The second-order valence-corrected chi connectivity index (χ2v) is 7.43. The van der Waals surface area contributed by atoms with E-state index in [1.165, 1.54) is 5.69 Å². The highest BCUT2D eigenvalue weighted by Gasteiger charge is 2.29. The normalized spacial score (nSPS) is 17.0. The zero-order chi connectivity index (χ0) is 19.5. The molecule has 1 aromatic heterocycles. The first-order valence-corrected chi connectivity index (χ1v) is 9.94. The molecule has 0 amide bonds. The van der Waals surface area contributed by atoms with Gasteiger partial charge in [-0.25, -0.2) is 0 Å². The number of hydrogen-bond acceptors (Lipinski definition) is 3. The number of ether oxygens (including phenoxy) is 2. The molecule has 4 rings (SSSR count). The third kappa shape index (κ3) is 3.50. The summed E-state index contributed by atoms with van der Waals surface area (Å²) in [6.45, 7) is 2.73. The summed E-state index contributed by atoms with van der Waals surface area (Å²) in [6, 6.07) is 18.6. The van der Waals surface area contributed by atoms with E-state index in [-0.39, 0.29) is 6.04 Å². The molecule has 146 valence electrons. The first-order chi connectivity index (χ1) is 13.7. The van der Waals surface area contributed by atoms with E-state index in [9.17, 15) is 0 Å². The molecule has 28 heavy (non-hydrogen) atoms. The van der Waals surface area contributed by atoms with Gasteiger partial charge in [-0.2, -0.15) is 0 Å². The van der Waals surface area contributed by atoms with Crippen LogP contribution in [-0.4, -0.2) is 30.2 Å². The molecule has 1 unspecified atom stereocenters.